The molecule has 1 aliphatic rings. The van der Waals surface area contributed by atoms with E-state index in [9.17, 15) is 14.0 Å². The van der Waals surface area contributed by atoms with Crippen molar-refractivity contribution in [1.29, 1.82) is 0 Å². The summed E-state index contributed by atoms with van der Waals surface area (Å²) in [4.78, 5) is 25.5. The number of carbonyl (C=O) groups excluding carboxylic acids is 2. The summed E-state index contributed by atoms with van der Waals surface area (Å²) in [5, 5.41) is 5.47. The van der Waals surface area contributed by atoms with E-state index in [0.717, 1.165) is 25.7 Å². The second-order valence-corrected chi connectivity index (χ2v) is 6.20. The van der Waals surface area contributed by atoms with Crippen LogP contribution < -0.4 is 10.6 Å². The SMILES string of the molecule is CCN(C(=O)CNc1cc(NC(C)=O)ccc1F)C1CCCCC1. The number of likely N-dealkylation sites (N-methyl/N-ethyl adjacent to an activating group) is 1. The third-order valence-corrected chi connectivity index (χ3v) is 4.39. The topological polar surface area (TPSA) is 61.4 Å². The van der Waals surface area contributed by atoms with Crippen LogP contribution in [0.15, 0.2) is 18.2 Å². The van der Waals surface area contributed by atoms with Crippen LogP contribution in [0.25, 0.3) is 0 Å². The van der Waals surface area contributed by atoms with Gasteiger partial charge in [-0.3, -0.25) is 9.59 Å². The van der Waals surface area contributed by atoms with Gasteiger partial charge >= 0.3 is 0 Å². The van der Waals surface area contributed by atoms with E-state index in [-0.39, 0.29) is 24.0 Å². The number of rotatable bonds is 6. The van der Waals surface area contributed by atoms with Crippen LogP contribution in [0.2, 0.25) is 0 Å². The minimum Gasteiger partial charge on any atom is -0.374 e. The second-order valence-electron chi connectivity index (χ2n) is 6.20. The quantitative estimate of drug-likeness (QED) is 0.838. The molecule has 132 valence electrons. The van der Waals surface area contributed by atoms with E-state index in [1.807, 2.05) is 11.8 Å². The Morgan fingerprint density at radius 3 is 2.58 bits per heavy atom. The number of nitrogens with zero attached hydrogens (tertiary/aromatic N) is 1. The van der Waals surface area contributed by atoms with Crippen LogP contribution in [0, 0.1) is 5.82 Å². The zero-order chi connectivity index (χ0) is 17.5. The van der Waals surface area contributed by atoms with Crippen molar-refractivity contribution in [1.82, 2.24) is 4.90 Å². The van der Waals surface area contributed by atoms with Gasteiger partial charge in [0.1, 0.15) is 5.82 Å². The summed E-state index contributed by atoms with van der Waals surface area (Å²) in [5.41, 5.74) is 0.716. The Kier molecular flexibility index (Phi) is 6.58. The molecule has 0 spiro atoms. The van der Waals surface area contributed by atoms with E-state index in [2.05, 4.69) is 10.6 Å². The average molecular weight is 335 g/mol. The van der Waals surface area contributed by atoms with Crippen molar-refractivity contribution in [2.45, 2.75) is 52.0 Å². The van der Waals surface area contributed by atoms with Gasteiger partial charge in [0, 0.05) is 25.2 Å². The van der Waals surface area contributed by atoms with E-state index in [1.54, 1.807) is 0 Å². The van der Waals surface area contributed by atoms with Gasteiger partial charge in [0.15, 0.2) is 0 Å². The molecule has 2 amide bonds. The van der Waals surface area contributed by atoms with Crippen molar-refractivity contribution < 1.29 is 14.0 Å². The van der Waals surface area contributed by atoms with Crippen LogP contribution in [-0.2, 0) is 9.59 Å². The molecule has 0 heterocycles. The molecule has 0 aromatic heterocycles. The van der Waals surface area contributed by atoms with Crippen LogP contribution in [0.3, 0.4) is 0 Å². The van der Waals surface area contributed by atoms with Crippen LogP contribution in [0.4, 0.5) is 15.8 Å². The van der Waals surface area contributed by atoms with E-state index >= 15 is 0 Å². The Morgan fingerprint density at radius 2 is 1.96 bits per heavy atom. The zero-order valence-corrected chi connectivity index (χ0v) is 14.4. The highest BCUT2D eigenvalue weighted by Gasteiger charge is 2.23. The Morgan fingerprint density at radius 1 is 1.25 bits per heavy atom. The Hall–Kier alpha value is -2.11. The van der Waals surface area contributed by atoms with Crippen molar-refractivity contribution in [2.75, 3.05) is 23.7 Å². The summed E-state index contributed by atoms with van der Waals surface area (Å²) >= 11 is 0. The molecule has 1 aliphatic carbocycles. The number of halogens is 1. The molecule has 2 N–H and O–H groups in total. The smallest absolute Gasteiger partial charge is 0.242 e. The van der Waals surface area contributed by atoms with Crippen molar-refractivity contribution in [3.8, 4) is 0 Å². The lowest BCUT2D eigenvalue weighted by molar-refractivity contribution is -0.132. The monoisotopic (exact) mass is 335 g/mol. The molecular formula is C18H26FN3O2. The molecule has 0 aliphatic heterocycles. The molecule has 1 fully saturated rings. The molecule has 1 saturated carbocycles. The Bertz CT molecular complexity index is 586. The third kappa shape index (κ3) is 4.94. The normalized spacial score (nSPS) is 15.0. The van der Waals surface area contributed by atoms with E-state index in [1.165, 1.54) is 31.5 Å². The van der Waals surface area contributed by atoms with Crippen molar-refractivity contribution in [3.63, 3.8) is 0 Å². The fraction of sp³-hybridized carbons (Fsp3) is 0.556. The van der Waals surface area contributed by atoms with Gasteiger partial charge in [-0.2, -0.15) is 0 Å². The summed E-state index contributed by atoms with van der Waals surface area (Å²) in [6.45, 7) is 4.08. The molecule has 0 unspecified atom stereocenters. The van der Waals surface area contributed by atoms with Crippen LogP contribution >= 0.6 is 0 Å². The highest BCUT2D eigenvalue weighted by molar-refractivity contribution is 5.89. The second kappa shape index (κ2) is 8.66. The Labute approximate surface area is 142 Å². The number of hydrogen-bond donors (Lipinski definition) is 2. The minimum atomic E-state index is -0.447. The maximum Gasteiger partial charge on any atom is 0.242 e. The number of carbonyl (C=O) groups is 2. The molecule has 5 nitrogen and oxygen atoms in total. The predicted octanol–water partition coefficient (Wildman–Crippen LogP) is 3.38. The van der Waals surface area contributed by atoms with Gasteiger partial charge in [-0.15, -0.1) is 0 Å². The Balaban J connectivity index is 1.98. The van der Waals surface area contributed by atoms with Crippen LogP contribution in [-0.4, -0.2) is 35.8 Å². The van der Waals surface area contributed by atoms with E-state index < -0.39 is 5.82 Å². The van der Waals surface area contributed by atoms with E-state index in [0.29, 0.717) is 18.3 Å². The van der Waals surface area contributed by atoms with Gasteiger partial charge in [0.05, 0.1) is 12.2 Å². The summed E-state index contributed by atoms with van der Waals surface area (Å²) in [5.74, 6) is -0.690. The zero-order valence-electron chi connectivity index (χ0n) is 14.4. The number of benzene rings is 1. The predicted molar refractivity (Wildman–Crippen MR) is 93.5 cm³/mol. The molecule has 6 heteroatoms. The molecular weight excluding hydrogens is 309 g/mol. The highest BCUT2D eigenvalue weighted by Crippen LogP contribution is 2.23. The van der Waals surface area contributed by atoms with Gasteiger partial charge in [-0.1, -0.05) is 19.3 Å². The number of anilines is 2. The lowest BCUT2D eigenvalue weighted by Crippen LogP contribution is -2.44. The first-order valence-electron chi connectivity index (χ1n) is 8.61. The van der Waals surface area contributed by atoms with Gasteiger partial charge in [0.2, 0.25) is 11.8 Å². The first kappa shape index (κ1) is 18.2. The average Bonchev–Trinajstić information content (AvgIpc) is 2.56. The summed E-state index contributed by atoms with van der Waals surface area (Å²) in [6, 6.07) is 4.57. The summed E-state index contributed by atoms with van der Waals surface area (Å²) in [7, 11) is 0. The maximum absolute atomic E-state index is 13.9. The molecule has 0 radical (unpaired) electrons. The molecule has 2 rings (SSSR count). The largest absolute Gasteiger partial charge is 0.374 e. The van der Waals surface area contributed by atoms with Gasteiger partial charge in [-0.25, -0.2) is 4.39 Å². The van der Waals surface area contributed by atoms with E-state index in [4.69, 9.17) is 0 Å². The highest BCUT2D eigenvalue weighted by atomic mass is 19.1. The molecule has 0 bridgehead atoms. The fourth-order valence-electron chi connectivity index (χ4n) is 3.25. The minimum absolute atomic E-state index is 0.0197. The van der Waals surface area contributed by atoms with Gasteiger partial charge in [0.25, 0.3) is 0 Å². The van der Waals surface area contributed by atoms with Crippen molar-refractivity contribution in [2.24, 2.45) is 0 Å². The number of hydrogen-bond acceptors (Lipinski definition) is 3. The maximum atomic E-state index is 13.9. The molecule has 24 heavy (non-hydrogen) atoms. The van der Waals surface area contributed by atoms with Gasteiger partial charge in [-0.05, 0) is 38.0 Å². The first-order chi connectivity index (χ1) is 11.5. The lowest BCUT2D eigenvalue weighted by Gasteiger charge is -2.33. The summed E-state index contributed by atoms with van der Waals surface area (Å²) in [6.07, 6.45) is 5.66. The number of amides is 2. The van der Waals surface area contributed by atoms with Crippen molar-refractivity contribution >= 4 is 23.2 Å². The molecule has 0 atom stereocenters. The van der Waals surface area contributed by atoms with Gasteiger partial charge < -0.3 is 15.5 Å². The van der Waals surface area contributed by atoms with Crippen molar-refractivity contribution in [3.05, 3.63) is 24.0 Å². The number of nitrogens with one attached hydrogen (secondary N) is 2. The van der Waals surface area contributed by atoms with Crippen LogP contribution in [0.1, 0.15) is 46.0 Å². The summed E-state index contributed by atoms with van der Waals surface area (Å²) < 4.78 is 13.9. The molecule has 1 aromatic carbocycles. The molecule has 1 aromatic rings. The third-order valence-electron chi connectivity index (χ3n) is 4.39. The standard InChI is InChI=1S/C18H26FN3O2/c1-3-22(15-7-5-4-6-8-15)18(24)12-20-17-11-14(21-13(2)23)9-10-16(17)19/h9-11,15,20H,3-8,12H2,1-2H3,(H,21,23). The first-order valence-corrected chi connectivity index (χ1v) is 8.61. The van der Waals surface area contributed by atoms with Crippen LogP contribution in [0.5, 0.6) is 0 Å². The lowest BCUT2D eigenvalue weighted by atomic mass is 9.94. The molecule has 0 saturated heterocycles. The fourth-order valence-corrected chi connectivity index (χ4v) is 3.25.